The topological polar surface area (TPSA) is 80.3 Å². The molecule has 1 aromatic rings. The summed E-state index contributed by atoms with van der Waals surface area (Å²) >= 11 is 0. The predicted molar refractivity (Wildman–Crippen MR) is 74.3 cm³/mol. The van der Waals surface area contributed by atoms with E-state index < -0.39 is 0 Å². The Balaban J connectivity index is 1.74. The summed E-state index contributed by atoms with van der Waals surface area (Å²) < 4.78 is 5.09. The number of amides is 2. The van der Waals surface area contributed by atoms with Crippen molar-refractivity contribution in [2.24, 2.45) is 11.8 Å². The van der Waals surface area contributed by atoms with Crippen molar-refractivity contribution in [1.82, 2.24) is 10.3 Å². The van der Waals surface area contributed by atoms with Crippen molar-refractivity contribution in [3.63, 3.8) is 0 Å². The lowest BCUT2D eigenvalue weighted by molar-refractivity contribution is -0.122. The second kappa shape index (κ2) is 6.36. The van der Waals surface area contributed by atoms with Gasteiger partial charge in [-0.25, -0.2) is 4.98 Å². The molecular weight excluding hydrogens is 258 g/mol. The molecule has 2 rings (SSSR count). The Labute approximate surface area is 117 Å². The third kappa shape index (κ3) is 3.69. The van der Waals surface area contributed by atoms with Crippen molar-refractivity contribution in [2.75, 3.05) is 19.0 Å². The predicted octanol–water partition coefficient (Wildman–Crippen LogP) is 1.19. The summed E-state index contributed by atoms with van der Waals surface area (Å²) in [4.78, 5) is 27.4. The lowest BCUT2D eigenvalue weighted by Crippen LogP contribution is -2.29. The molecule has 6 heteroatoms. The van der Waals surface area contributed by atoms with Crippen molar-refractivity contribution in [3.05, 3.63) is 18.3 Å². The molecule has 0 radical (unpaired) electrons. The van der Waals surface area contributed by atoms with E-state index in [-0.39, 0.29) is 24.2 Å². The number of ether oxygens (including phenoxy) is 1. The van der Waals surface area contributed by atoms with Crippen LogP contribution in [0, 0.1) is 11.8 Å². The Morgan fingerprint density at radius 3 is 2.90 bits per heavy atom. The average Bonchev–Trinajstić information content (AvgIpc) is 3.16. The Hall–Kier alpha value is -2.11. The molecule has 2 amide bonds. The first kappa shape index (κ1) is 14.3. The monoisotopic (exact) mass is 277 g/mol. The zero-order valence-electron chi connectivity index (χ0n) is 11.7. The van der Waals surface area contributed by atoms with Gasteiger partial charge in [-0.05, 0) is 24.5 Å². The Morgan fingerprint density at radius 2 is 2.25 bits per heavy atom. The quantitative estimate of drug-likeness (QED) is 0.818. The first-order valence-electron chi connectivity index (χ1n) is 6.68. The molecule has 1 fully saturated rings. The van der Waals surface area contributed by atoms with Gasteiger partial charge in [0.2, 0.25) is 11.8 Å². The number of methoxy groups -OCH3 is 1. The highest BCUT2D eigenvalue weighted by Gasteiger charge is 2.38. The average molecular weight is 277 g/mol. The molecule has 6 nitrogen and oxygen atoms in total. The minimum atomic E-state index is -0.203. The van der Waals surface area contributed by atoms with Gasteiger partial charge in [-0.3, -0.25) is 9.59 Å². The van der Waals surface area contributed by atoms with Gasteiger partial charge >= 0.3 is 0 Å². The number of hydrogen-bond donors (Lipinski definition) is 2. The van der Waals surface area contributed by atoms with Crippen LogP contribution >= 0.6 is 0 Å². The lowest BCUT2D eigenvalue weighted by atomic mass is 10.3. The zero-order chi connectivity index (χ0) is 14.5. The second-order valence-electron chi connectivity index (χ2n) is 4.96. The molecule has 2 N–H and O–H groups in total. The summed E-state index contributed by atoms with van der Waals surface area (Å²) in [6.07, 6.45) is 2.74. The van der Waals surface area contributed by atoms with Crippen LogP contribution in [0.15, 0.2) is 18.3 Å². The molecule has 0 aromatic carbocycles. The molecule has 0 saturated heterocycles. The van der Waals surface area contributed by atoms with Crippen LogP contribution in [-0.4, -0.2) is 30.5 Å². The first-order valence-corrected chi connectivity index (χ1v) is 6.68. The van der Waals surface area contributed by atoms with E-state index in [0.29, 0.717) is 24.0 Å². The van der Waals surface area contributed by atoms with E-state index >= 15 is 0 Å². The zero-order valence-corrected chi connectivity index (χ0v) is 11.7. The second-order valence-corrected chi connectivity index (χ2v) is 4.96. The molecule has 1 aliphatic rings. The van der Waals surface area contributed by atoms with E-state index in [1.54, 1.807) is 18.3 Å². The number of rotatable bonds is 6. The van der Waals surface area contributed by atoms with E-state index in [2.05, 4.69) is 15.6 Å². The van der Waals surface area contributed by atoms with Gasteiger partial charge in [0.05, 0.1) is 7.11 Å². The van der Waals surface area contributed by atoms with Gasteiger partial charge in [-0.1, -0.05) is 6.92 Å². The summed E-state index contributed by atoms with van der Waals surface area (Å²) in [5.74, 6) is 1.35. The number of pyridine rings is 1. The van der Waals surface area contributed by atoms with Crippen LogP contribution in [0.3, 0.4) is 0 Å². The summed E-state index contributed by atoms with van der Waals surface area (Å²) in [6, 6.07) is 3.45. The molecule has 20 heavy (non-hydrogen) atoms. The fourth-order valence-corrected chi connectivity index (χ4v) is 1.96. The maximum absolute atomic E-state index is 11.8. The van der Waals surface area contributed by atoms with Gasteiger partial charge in [0, 0.05) is 25.1 Å². The van der Waals surface area contributed by atoms with E-state index in [0.717, 1.165) is 6.42 Å². The fraction of sp³-hybridized carbons (Fsp3) is 0.500. The third-order valence-corrected chi connectivity index (χ3v) is 3.35. The highest BCUT2D eigenvalue weighted by Crippen LogP contribution is 2.37. The van der Waals surface area contributed by atoms with Gasteiger partial charge in [0.1, 0.15) is 0 Å². The third-order valence-electron chi connectivity index (χ3n) is 3.35. The van der Waals surface area contributed by atoms with Crippen molar-refractivity contribution < 1.29 is 14.3 Å². The molecule has 0 bridgehead atoms. The summed E-state index contributed by atoms with van der Waals surface area (Å²) in [6.45, 7) is 2.38. The van der Waals surface area contributed by atoms with Crippen LogP contribution in [0.1, 0.15) is 19.8 Å². The molecule has 0 unspecified atom stereocenters. The largest absolute Gasteiger partial charge is 0.493 e. The van der Waals surface area contributed by atoms with Crippen LogP contribution in [0.25, 0.3) is 0 Å². The normalized spacial score (nSPS) is 20.1. The maximum Gasteiger partial charge on any atom is 0.227 e. The molecule has 1 aliphatic carbocycles. The highest BCUT2D eigenvalue weighted by molar-refractivity contribution is 5.91. The molecule has 108 valence electrons. The lowest BCUT2D eigenvalue weighted by Gasteiger charge is -2.09. The van der Waals surface area contributed by atoms with Crippen LogP contribution < -0.4 is 15.4 Å². The van der Waals surface area contributed by atoms with E-state index in [1.165, 1.54) is 7.11 Å². The summed E-state index contributed by atoms with van der Waals surface area (Å²) in [7, 11) is 1.52. The van der Waals surface area contributed by atoms with Crippen LogP contribution in [0.4, 0.5) is 5.82 Å². The van der Waals surface area contributed by atoms with Crippen LogP contribution in [0.5, 0.6) is 5.75 Å². The van der Waals surface area contributed by atoms with Gasteiger partial charge in [-0.15, -0.1) is 0 Å². The molecule has 1 aromatic heterocycles. The van der Waals surface area contributed by atoms with Crippen molar-refractivity contribution in [2.45, 2.75) is 19.8 Å². The molecule has 2 atom stereocenters. The minimum absolute atomic E-state index is 0.0423. The van der Waals surface area contributed by atoms with E-state index in [4.69, 9.17) is 4.74 Å². The van der Waals surface area contributed by atoms with E-state index in [1.807, 2.05) is 6.92 Å². The standard InChI is InChI=1S/C14H19N3O3/c1-9-8-10(9)14(19)16-7-5-12(18)17-13-11(20-2)4-3-6-15-13/h3-4,6,9-10H,5,7-8H2,1-2H3,(H,16,19)(H,15,17,18)/t9-,10+/m1/s1. The van der Waals surface area contributed by atoms with Crippen LogP contribution in [0.2, 0.25) is 0 Å². The number of hydrogen-bond acceptors (Lipinski definition) is 4. The minimum Gasteiger partial charge on any atom is -0.493 e. The Morgan fingerprint density at radius 1 is 1.50 bits per heavy atom. The molecule has 0 aliphatic heterocycles. The van der Waals surface area contributed by atoms with Crippen molar-refractivity contribution >= 4 is 17.6 Å². The number of aromatic nitrogens is 1. The Bertz CT molecular complexity index is 504. The Kier molecular flexibility index (Phi) is 4.55. The van der Waals surface area contributed by atoms with Gasteiger partial charge in [-0.2, -0.15) is 0 Å². The molecular formula is C14H19N3O3. The van der Waals surface area contributed by atoms with Crippen LogP contribution in [-0.2, 0) is 9.59 Å². The summed E-state index contributed by atoms with van der Waals surface area (Å²) in [5, 5.41) is 5.43. The van der Waals surface area contributed by atoms with Crippen molar-refractivity contribution in [3.8, 4) is 5.75 Å². The SMILES string of the molecule is COc1cccnc1NC(=O)CCNC(=O)[C@H]1C[C@H]1C. The number of nitrogens with one attached hydrogen (secondary N) is 2. The van der Waals surface area contributed by atoms with Gasteiger partial charge in [0.15, 0.2) is 11.6 Å². The molecule has 0 spiro atoms. The van der Waals surface area contributed by atoms with E-state index in [9.17, 15) is 9.59 Å². The maximum atomic E-state index is 11.8. The number of nitrogens with zero attached hydrogens (tertiary/aromatic N) is 1. The number of carbonyl (C=O) groups excluding carboxylic acids is 2. The fourth-order valence-electron chi connectivity index (χ4n) is 1.96. The molecule has 1 heterocycles. The van der Waals surface area contributed by atoms with Gasteiger partial charge in [0.25, 0.3) is 0 Å². The number of anilines is 1. The first-order chi connectivity index (χ1) is 9.61. The smallest absolute Gasteiger partial charge is 0.227 e. The van der Waals surface area contributed by atoms with Crippen molar-refractivity contribution in [1.29, 1.82) is 0 Å². The summed E-state index contributed by atoms with van der Waals surface area (Å²) in [5.41, 5.74) is 0. The molecule has 1 saturated carbocycles. The number of carbonyl (C=O) groups is 2. The highest BCUT2D eigenvalue weighted by atomic mass is 16.5. The van der Waals surface area contributed by atoms with Gasteiger partial charge < -0.3 is 15.4 Å².